The smallest absolute Gasteiger partial charge is 0.256 e. The number of rotatable bonds is 4. The van der Waals surface area contributed by atoms with Crippen molar-refractivity contribution in [2.45, 2.75) is 38.1 Å². The highest BCUT2D eigenvalue weighted by molar-refractivity contribution is 7.89. The summed E-state index contributed by atoms with van der Waals surface area (Å²) < 4.78 is 36.8. The summed E-state index contributed by atoms with van der Waals surface area (Å²) in [6.07, 6.45) is 0.706. The summed E-state index contributed by atoms with van der Waals surface area (Å²) in [6.45, 7) is 5.15. The van der Waals surface area contributed by atoms with Crippen LogP contribution < -0.4 is 5.14 Å². The van der Waals surface area contributed by atoms with Gasteiger partial charge in [0.25, 0.3) is 5.91 Å². The third kappa shape index (κ3) is 3.34. The highest BCUT2D eigenvalue weighted by Gasteiger charge is 2.23. The minimum Gasteiger partial charge on any atom is -0.339 e. The summed E-state index contributed by atoms with van der Waals surface area (Å²) in [5.41, 5.74) is -0.116. The van der Waals surface area contributed by atoms with Crippen molar-refractivity contribution < 1.29 is 17.6 Å². The molecule has 1 aromatic rings. The first-order valence-corrected chi connectivity index (χ1v) is 7.74. The highest BCUT2D eigenvalue weighted by Crippen LogP contribution is 2.21. The normalized spacial score (nSPS) is 13.1. The van der Waals surface area contributed by atoms with E-state index in [1.54, 1.807) is 7.05 Å². The monoisotopic (exact) mass is 302 g/mol. The minimum absolute atomic E-state index is 0.0823. The molecule has 0 aliphatic carbocycles. The van der Waals surface area contributed by atoms with Gasteiger partial charge in [0.2, 0.25) is 10.0 Å². The van der Waals surface area contributed by atoms with E-state index in [0.717, 1.165) is 12.1 Å². The van der Waals surface area contributed by atoms with E-state index in [2.05, 4.69) is 0 Å². The molecule has 1 amide bonds. The second-order valence-electron chi connectivity index (χ2n) is 4.82. The second kappa shape index (κ2) is 5.88. The summed E-state index contributed by atoms with van der Waals surface area (Å²) in [6, 6.07) is 1.93. The van der Waals surface area contributed by atoms with E-state index in [0.29, 0.717) is 6.42 Å². The highest BCUT2D eigenvalue weighted by atomic mass is 32.2. The number of hydrogen-bond donors (Lipinski definition) is 1. The Morgan fingerprint density at radius 3 is 2.45 bits per heavy atom. The zero-order chi connectivity index (χ0) is 15.7. The number of nitrogens with zero attached hydrogens (tertiary/aromatic N) is 1. The van der Waals surface area contributed by atoms with E-state index >= 15 is 0 Å². The van der Waals surface area contributed by atoms with Crippen molar-refractivity contribution in [3.63, 3.8) is 0 Å². The third-order valence-electron chi connectivity index (χ3n) is 3.37. The van der Waals surface area contributed by atoms with Crippen molar-refractivity contribution in [2.75, 3.05) is 7.05 Å². The Bertz CT molecular complexity index is 629. The summed E-state index contributed by atoms with van der Waals surface area (Å²) >= 11 is 0. The number of carbonyl (C=O) groups excluding carboxylic acids is 1. The van der Waals surface area contributed by atoms with Crippen LogP contribution in [0.4, 0.5) is 4.39 Å². The van der Waals surface area contributed by atoms with Gasteiger partial charge in [0.05, 0.1) is 10.5 Å². The number of amides is 1. The van der Waals surface area contributed by atoms with Crippen LogP contribution in [-0.2, 0) is 10.0 Å². The van der Waals surface area contributed by atoms with Gasteiger partial charge in [-0.25, -0.2) is 17.9 Å². The van der Waals surface area contributed by atoms with Crippen molar-refractivity contribution in [1.29, 1.82) is 0 Å². The fraction of sp³-hybridized carbons (Fsp3) is 0.462. The molecule has 0 saturated carbocycles. The first-order chi connectivity index (χ1) is 9.09. The van der Waals surface area contributed by atoms with E-state index in [9.17, 15) is 17.6 Å². The number of hydrogen-bond acceptors (Lipinski definition) is 3. The molecule has 20 heavy (non-hydrogen) atoms. The predicted octanol–water partition coefficient (Wildman–Crippen LogP) is 1.65. The molecular formula is C13H19FN2O3S. The molecule has 1 aromatic carbocycles. The number of carbonyl (C=O) groups is 1. The Balaban J connectivity index is 3.36. The van der Waals surface area contributed by atoms with Gasteiger partial charge in [0.15, 0.2) is 0 Å². The maximum absolute atomic E-state index is 13.9. The average molecular weight is 302 g/mol. The second-order valence-corrected chi connectivity index (χ2v) is 6.35. The van der Waals surface area contributed by atoms with Crippen molar-refractivity contribution in [3.05, 3.63) is 29.1 Å². The molecule has 0 spiro atoms. The third-order valence-corrected chi connectivity index (χ3v) is 4.43. The molecule has 0 fully saturated rings. The Kier molecular flexibility index (Phi) is 4.88. The number of benzene rings is 1. The van der Waals surface area contributed by atoms with Gasteiger partial charge in [0.1, 0.15) is 5.82 Å². The summed E-state index contributed by atoms with van der Waals surface area (Å²) in [5, 5.41) is 5.06. The van der Waals surface area contributed by atoms with E-state index in [4.69, 9.17) is 5.14 Å². The standard InChI is InChI=1S/C13H19FN2O3S/c1-5-9(3)16(4)13(17)10-7-12(20(15,18)19)8(2)6-11(10)14/h6-7,9H,5H2,1-4H3,(H2,15,18,19). The van der Waals surface area contributed by atoms with Gasteiger partial charge in [-0.1, -0.05) is 6.92 Å². The van der Waals surface area contributed by atoms with Crippen LogP contribution >= 0.6 is 0 Å². The summed E-state index contributed by atoms with van der Waals surface area (Å²) in [5.74, 6) is -1.32. The maximum Gasteiger partial charge on any atom is 0.256 e. The van der Waals surface area contributed by atoms with Crippen molar-refractivity contribution in [1.82, 2.24) is 4.90 Å². The van der Waals surface area contributed by atoms with Gasteiger partial charge in [-0.05, 0) is 38.0 Å². The maximum atomic E-state index is 13.9. The Morgan fingerprint density at radius 2 is 2.00 bits per heavy atom. The van der Waals surface area contributed by atoms with Crippen LogP contribution in [0.1, 0.15) is 36.2 Å². The molecule has 7 heteroatoms. The molecule has 0 aliphatic heterocycles. The van der Waals surface area contributed by atoms with Gasteiger partial charge in [-0.15, -0.1) is 0 Å². The lowest BCUT2D eigenvalue weighted by atomic mass is 10.1. The van der Waals surface area contributed by atoms with E-state index < -0.39 is 21.7 Å². The Hall–Kier alpha value is -1.47. The molecule has 0 radical (unpaired) electrons. The van der Waals surface area contributed by atoms with Crippen LogP contribution in [0, 0.1) is 12.7 Å². The van der Waals surface area contributed by atoms with Crippen molar-refractivity contribution in [2.24, 2.45) is 5.14 Å². The van der Waals surface area contributed by atoms with Crippen LogP contribution in [-0.4, -0.2) is 32.3 Å². The zero-order valence-electron chi connectivity index (χ0n) is 12.0. The first kappa shape index (κ1) is 16.6. The molecule has 0 bridgehead atoms. The minimum atomic E-state index is -4.00. The lowest BCUT2D eigenvalue weighted by molar-refractivity contribution is 0.0735. The predicted molar refractivity (Wildman–Crippen MR) is 74.4 cm³/mol. The van der Waals surface area contributed by atoms with Crippen molar-refractivity contribution >= 4 is 15.9 Å². The fourth-order valence-electron chi connectivity index (χ4n) is 1.79. The lowest BCUT2D eigenvalue weighted by Crippen LogP contribution is -2.35. The number of nitrogens with two attached hydrogens (primary N) is 1. The van der Waals surface area contributed by atoms with E-state index in [1.807, 2.05) is 13.8 Å². The van der Waals surface area contributed by atoms with Crippen LogP contribution in [0.15, 0.2) is 17.0 Å². The molecule has 0 heterocycles. The number of sulfonamides is 1. The SMILES string of the molecule is CCC(C)N(C)C(=O)c1cc(S(N)(=O)=O)c(C)cc1F. The quantitative estimate of drug-likeness (QED) is 0.918. The Morgan fingerprint density at radius 1 is 1.45 bits per heavy atom. The van der Waals surface area contributed by atoms with Gasteiger partial charge < -0.3 is 4.90 Å². The largest absolute Gasteiger partial charge is 0.339 e. The van der Waals surface area contributed by atoms with Crippen LogP contribution in [0.5, 0.6) is 0 Å². The summed E-state index contributed by atoms with van der Waals surface area (Å²) in [4.78, 5) is 13.3. The van der Waals surface area contributed by atoms with E-state index in [-0.39, 0.29) is 22.1 Å². The van der Waals surface area contributed by atoms with Crippen LogP contribution in [0.25, 0.3) is 0 Å². The van der Waals surface area contributed by atoms with Gasteiger partial charge in [-0.3, -0.25) is 4.79 Å². The fourth-order valence-corrected chi connectivity index (χ4v) is 2.58. The topological polar surface area (TPSA) is 80.5 Å². The molecule has 112 valence electrons. The number of primary sulfonamides is 1. The average Bonchev–Trinajstić information content (AvgIpc) is 2.34. The Labute approximate surface area is 118 Å². The number of aryl methyl sites for hydroxylation is 1. The molecule has 2 N–H and O–H groups in total. The molecular weight excluding hydrogens is 283 g/mol. The molecule has 1 rings (SSSR count). The van der Waals surface area contributed by atoms with Crippen LogP contribution in [0.2, 0.25) is 0 Å². The zero-order valence-corrected chi connectivity index (χ0v) is 12.8. The molecule has 0 aromatic heterocycles. The summed E-state index contributed by atoms with van der Waals surface area (Å²) in [7, 11) is -2.45. The van der Waals surface area contributed by atoms with Gasteiger partial charge in [0, 0.05) is 13.1 Å². The molecule has 5 nitrogen and oxygen atoms in total. The van der Waals surface area contributed by atoms with Gasteiger partial charge >= 0.3 is 0 Å². The molecule has 1 unspecified atom stereocenters. The molecule has 1 atom stereocenters. The van der Waals surface area contributed by atoms with Crippen LogP contribution in [0.3, 0.4) is 0 Å². The molecule has 0 aliphatic rings. The molecule has 0 saturated heterocycles. The van der Waals surface area contributed by atoms with Gasteiger partial charge in [-0.2, -0.15) is 0 Å². The lowest BCUT2D eigenvalue weighted by Gasteiger charge is -2.24. The van der Waals surface area contributed by atoms with E-state index in [1.165, 1.54) is 11.8 Å². The first-order valence-electron chi connectivity index (χ1n) is 6.19. The number of halogens is 1. The van der Waals surface area contributed by atoms with Crippen molar-refractivity contribution in [3.8, 4) is 0 Å².